The first-order valence-electron chi connectivity index (χ1n) is 10.6. The number of rotatable bonds is 1. The molecular weight excluding hydrogens is 397 g/mol. The third-order valence-electron chi connectivity index (χ3n) is 6.23. The van der Waals surface area contributed by atoms with Gasteiger partial charge in [0.2, 0.25) is 0 Å². The molecule has 0 saturated carbocycles. The van der Waals surface area contributed by atoms with Crippen molar-refractivity contribution in [2.24, 2.45) is 0 Å². The fourth-order valence-corrected chi connectivity index (χ4v) is 4.92. The predicted molar refractivity (Wildman–Crippen MR) is 120 cm³/mol. The van der Waals surface area contributed by atoms with E-state index in [1.54, 1.807) is 10.9 Å². The fraction of sp³-hybridized carbons (Fsp3) is 0.476. The Hall–Kier alpha value is -2.28. The Bertz CT molecular complexity index is 1000. The van der Waals surface area contributed by atoms with Crippen molar-refractivity contribution in [3.8, 4) is 0 Å². The van der Waals surface area contributed by atoms with Crippen molar-refractivity contribution >= 4 is 32.5 Å². The monoisotopic (exact) mass is 425 g/mol. The SMILES string of the molecule is CC(C)N1CCc2ncc(P)cc2[C@H]2CCCN2C2C=Cn3ncc(c3N2)C(=O)N1. The summed E-state index contributed by atoms with van der Waals surface area (Å²) in [6, 6.07) is 2.72. The van der Waals surface area contributed by atoms with Gasteiger partial charge in [0.05, 0.1) is 6.20 Å². The summed E-state index contributed by atoms with van der Waals surface area (Å²) in [7, 11) is 2.78. The zero-order valence-electron chi connectivity index (χ0n) is 17.4. The largest absolute Gasteiger partial charge is 0.350 e. The molecule has 1 saturated heterocycles. The van der Waals surface area contributed by atoms with Crippen LogP contribution in [-0.4, -0.2) is 55.9 Å². The second-order valence-electron chi connectivity index (χ2n) is 8.46. The molecule has 30 heavy (non-hydrogen) atoms. The highest BCUT2D eigenvalue weighted by Gasteiger charge is 2.35. The van der Waals surface area contributed by atoms with Crippen LogP contribution in [0.4, 0.5) is 5.82 Å². The number of hydrogen-bond donors (Lipinski definition) is 2. The first kappa shape index (κ1) is 19.7. The van der Waals surface area contributed by atoms with Gasteiger partial charge in [0.1, 0.15) is 17.5 Å². The van der Waals surface area contributed by atoms with Gasteiger partial charge >= 0.3 is 0 Å². The molecule has 158 valence electrons. The number of nitrogens with one attached hydrogen (secondary N) is 2. The second kappa shape index (κ2) is 7.76. The first-order valence-corrected chi connectivity index (χ1v) is 11.2. The molecule has 3 aliphatic rings. The lowest BCUT2D eigenvalue weighted by atomic mass is 10.00. The molecule has 1 amide bonds. The van der Waals surface area contributed by atoms with Crippen LogP contribution in [0, 0.1) is 0 Å². The van der Waals surface area contributed by atoms with Gasteiger partial charge in [-0.25, -0.2) is 9.69 Å². The number of aromatic nitrogens is 3. The molecule has 8 nitrogen and oxygen atoms in total. The Morgan fingerprint density at radius 1 is 1.27 bits per heavy atom. The van der Waals surface area contributed by atoms with Crippen LogP contribution in [0.5, 0.6) is 0 Å². The maximum atomic E-state index is 13.1. The average Bonchev–Trinajstić information content (AvgIpc) is 3.37. The van der Waals surface area contributed by atoms with Crippen LogP contribution in [0.2, 0.25) is 0 Å². The van der Waals surface area contributed by atoms with Gasteiger partial charge in [-0.1, -0.05) is 0 Å². The zero-order chi connectivity index (χ0) is 20.8. The molecule has 0 aromatic carbocycles. The summed E-state index contributed by atoms with van der Waals surface area (Å²) in [5.41, 5.74) is 6.06. The molecule has 2 bridgehead atoms. The molecule has 3 atom stereocenters. The normalized spacial score (nSPS) is 24.3. The molecule has 2 aromatic rings. The molecule has 2 aromatic heterocycles. The van der Waals surface area contributed by atoms with E-state index in [0.29, 0.717) is 18.2 Å². The van der Waals surface area contributed by atoms with Crippen LogP contribution in [0.25, 0.3) is 6.20 Å². The Morgan fingerprint density at radius 3 is 2.97 bits per heavy atom. The Balaban J connectivity index is 1.61. The molecule has 0 spiro atoms. The highest BCUT2D eigenvalue weighted by atomic mass is 31.0. The highest BCUT2D eigenvalue weighted by molar-refractivity contribution is 7.27. The van der Waals surface area contributed by atoms with E-state index in [1.165, 1.54) is 5.56 Å². The van der Waals surface area contributed by atoms with E-state index in [1.807, 2.05) is 17.4 Å². The van der Waals surface area contributed by atoms with Crippen LogP contribution < -0.4 is 16.0 Å². The number of hydrazine groups is 1. The second-order valence-corrected chi connectivity index (χ2v) is 9.13. The summed E-state index contributed by atoms with van der Waals surface area (Å²) in [5.74, 6) is 0.601. The lowest BCUT2D eigenvalue weighted by Gasteiger charge is -2.34. The van der Waals surface area contributed by atoms with Crippen molar-refractivity contribution in [3.05, 3.63) is 41.4 Å². The van der Waals surface area contributed by atoms with E-state index >= 15 is 0 Å². The standard InChI is InChI=1S/C21H28N7OP/c1-13(2)27-8-5-17-15(10-14(30)11-22-17)18-4-3-7-26(18)19-6-9-28-20(24-19)16(12-23-28)21(29)25-27/h6,9-13,18-19,24H,3-5,7-8,30H2,1-2H3,(H,25,29)/t18-,19?/m1/s1. The molecule has 5 heterocycles. The maximum Gasteiger partial charge on any atom is 0.270 e. The molecule has 0 radical (unpaired) electrons. The Labute approximate surface area is 178 Å². The van der Waals surface area contributed by atoms with Gasteiger partial charge in [0.25, 0.3) is 5.91 Å². The molecule has 3 aliphatic heterocycles. The van der Waals surface area contributed by atoms with E-state index in [0.717, 1.165) is 42.6 Å². The van der Waals surface area contributed by atoms with Gasteiger partial charge < -0.3 is 5.32 Å². The predicted octanol–water partition coefficient (Wildman–Crippen LogP) is 1.75. The first-order chi connectivity index (χ1) is 14.5. The van der Waals surface area contributed by atoms with Crippen molar-refractivity contribution < 1.29 is 4.79 Å². The van der Waals surface area contributed by atoms with Crippen LogP contribution in [0.1, 0.15) is 54.3 Å². The van der Waals surface area contributed by atoms with Gasteiger partial charge in [-0.15, -0.1) is 9.24 Å². The minimum absolute atomic E-state index is 0.0104. The van der Waals surface area contributed by atoms with E-state index in [4.69, 9.17) is 4.98 Å². The number of amides is 1. The highest BCUT2D eigenvalue weighted by Crippen LogP contribution is 2.37. The minimum Gasteiger partial charge on any atom is -0.350 e. The number of fused-ring (bicyclic) bond motifs is 5. The van der Waals surface area contributed by atoms with Crippen molar-refractivity contribution in [1.82, 2.24) is 30.1 Å². The van der Waals surface area contributed by atoms with Crippen LogP contribution in [0.15, 0.2) is 24.5 Å². The lowest BCUT2D eigenvalue weighted by molar-refractivity contribution is 0.0726. The van der Waals surface area contributed by atoms with Crippen LogP contribution in [0.3, 0.4) is 0 Å². The third kappa shape index (κ3) is 3.43. The maximum absolute atomic E-state index is 13.1. The van der Waals surface area contributed by atoms with E-state index in [9.17, 15) is 4.79 Å². The summed E-state index contributed by atoms with van der Waals surface area (Å²) >= 11 is 0. The fourth-order valence-electron chi connectivity index (χ4n) is 4.67. The number of anilines is 1. The molecule has 1 fully saturated rings. The van der Waals surface area contributed by atoms with Crippen molar-refractivity contribution in [1.29, 1.82) is 0 Å². The Kier molecular flexibility index (Phi) is 5.09. The van der Waals surface area contributed by atoms with E-state index < -0.39 is 0 Å². The van der Waals surface area contributed by atoms with Crippen LogP contribution >= 0.6 is 9.24 Å². The van der Waals surface area contributed by atoms with E-state index in [2.05, 4.69) is 56.0 Å². The number of hydrogen-bond acceptors (Lipinski definition) is 6. The summed E-state index contributed by atoms with van der Waals surface area (Å²) in [6.45, 7) is 5.87. The molecule has 2 unspecified atom stereocenters. The molecule has 9 heteroatoms. The number of pyridine rings is 1. The van der Waals surface area contributed by atoms with Gasteiger partial charge in [-0.3, -0.25) is 20.1 Å². The van der Waals surface area contributed by atoms with Gasteiger partial charge in [-0.05, 0) is 49.7 Å². The smallest absolute Gasteiger partial charge is 0.270 e. The summed E-state index contributed by atoms with van der Waals surface area (Å²) < 4.78 is 1.74. The zero-order valence-corrected chi connectivity index (χ0v) is 18.5. The van der Waals surface area contributed by atoms with Crippen molar-refractivity contribution in [2.75, 3.05) is 18.4 Å². The number of carbonyl (C=O) groups excluding carboxylic acids is 1. The van der Waals surface area contributed by atoms with Gasteiger partial charge in [0.15, 0.2) is 0 Å². The molecule has 2 N–H and O–H groups in total. The average molecular weight is 425 g/mol. The molecule has 5 rings (SSSR count). The van der Waals surface area contributed by atoms with Crippen molar-refractivity contribution in [2.45, 2.75) is 51.4 Å². The lowest BCUT2D eigenvalue weighted by Crippen LogP contribution is -2.47. The summed E-state index contributed by atoms with van der Waals surface area (Å²) in [4.78, 5) is 20.4. The topological polar surface area (TPSA) is 78.3 Å². The molecular formula is C21H28N7OP. The summed E-state index contributed by atoms with van der Waals surface area (Å²) in [6.07, 6.45) is 10.7. The quantitative estimate of drug-likeness (QED) is 0.678. The molecule has 0 aliphatic carbocycles. The minimum atomic E-state index is -0.141. The van der Waals surface area contributed by atoms with Crippen LogP contribution in [-0.2, 0) is 6.42 Å². The van der Waals surface area contributed by atoms with Gasteiger partial charge in [0, 0.05) is 49.7 Å². The van der Waals surface area contributed by atoms with Gasteiger partial charge in [-0.2, -0.15) is 5.10 Å². The van der Waals surface area contributed by atoms with E-state index in [-0.39, 0.29) is 18.1 Å². The number of nitrogens with zero attached hydrogens (tertiary/aromatic N) is 5. The Morgan fingerprint density at radius 2 is 2.13 bits per heavy atom. The van der Waals surface area contributed by atoms with Crippen molar-refractivity contribution in [3.63, 3.8) is 0 Å². The third-order valence-corrected chi connectivity index (χ3v) is 6.54. The number of carbonyl (C=O) groups is 1. The summed E-state index contributed by atoms with van der Waals surface area (Å²) in [5, 5.41) is 11.0.